The summed E-state index contributed by atoms with van der Waals surface area (Å²) in [4.78, 5) is 0. The highest BCUT2D eigenvalue weighted by Gasteiger charge is 2.52. The van der Waals surface area contributed by atoms with E-state index in [1.54, 1.807) is 6.92 Å². The Bertz CT molecular complexity index is 688. The minimum atomic E-state index is -1.18. The van der Waals surface area contributed by atoms with Crippen LogP contribution in [-0.4, -0.2) is 5.11 Å². The largest absolute Gasteiger partial charge is 0.384 e. The SMILES string of the molecule is CC(O)(c1ccc(I)cc1)C1(C#N)Cc2ccccc2C1. The Kier molecular flexibility index (Phi) is 3.54. The van der Waals surface area contributed by atoms with E-state index in [-0.39, 0.29) is 0 Å². The predicted octanol–water partition coefficient (Wildman–Crippen LogP) is 3.81. The standard InChI is InChI=1S/C18H16INO/c1-17(21,15-6-8-16(19)9-7-15)18(12-20)10-13-4-2-3-5-14(13)11-18/h2-9,21H,10-11H2,1H3. The molecule has 1 aliphatic carbocycles. The minimum absolute atomic E-state index is 0.596. The van der Waals surface area contributed by atoms with Crippen molar-refractivity contribution in [1.82, 2.24) is 0 Å². The Balaban J connectivity index is 2.05. The highest BCUT2D eigenvalue weighted by atomic mass is 127. The molecule has 2 aromatic carbocycles. The van der Waals surface area contributed by atoms with Crippen molar-refractivity contribution in [2.24, 2.45) is 5.41 Å². The zero-order chi connectivity index (χ0) is 15.1. The van der Waals surface area contributed by atoms with Crippen LogP contribution in [0.15, 0.2) is 48.5 Å². The molecule has 0 aromatic heterocycles. The van der Waals surface area contributed by atoms with Gasteiger partial charge in [0.2, 0.25) is 0 Å². The van der Waals surface area contributed by atoms with Crippen LogP contribution in [0.1, 0.15) is 23.6 Å². The molecule has 0 saturated heterocycles. The van der Waals surface area contributed by atoms with E-state index in [0.717, 1.165) is 9.13 Å². The Morgan fingerprint density at radius 3 is 2.10 bits per heavy atom. The van der Waals surface area contributed by atoms with Crippen LogP contribution in [0.3, 0.4) is 0 Å². The van der Waals surface area contributed by atoms with Gasteiger partial charge in [0.15, 0.2) is 0 Å². The number of rotatable bonds is 2. The summed E-state index contributed by atoms with van der Waals surface area (Å²) in [5.74, 6) is 0. The van der Waals surface area contributed by atoms with Gasteiger partial charge in [0, 0.05) is 3.57 Å². The quantitative estimate of drug-likeness (QED) is 0.794. The molecule has 1 unspecified atom stereocenters. The third-order valence-corrected chi connectivity index (χ3v) is 5.37. The second-order valence-electron chi connectivity index (χ2n) is 5.90. The van der Waals surface area contributed by atoms with Crippen molar-refractivity contribution in [2.45, 2.75) is 25.4 Å². The molecule has 0 fully saturated rings. The molecule has 0 heterocycles. The summed E-state index contributed by atoms with van der Waals surface area (Å²) in [5.41, 5.74) is 1.17. The van der Waals surface area contributed by atoms with Gasteiger partial charge in [0.1, 0.15) is 5.60 Å². The highest BCUT2D eigenvalue weighted by molar-refractivity contribution is 14.1. The zero-order valence-corrected chi connectivity index (χ0v) is 14.0. The summed E-state index contributed by atoms with van der Waals surface area (Å²) < 4.78 is 1.12. The Hall–Kier alpha value is -1.38. The lowest BCUT2D eigenvalue weighted by molar-refractivity contribution is -0.0405. The van der Waals surface area contributed by atoms with E-state index in [2.05, 4.69) is 40.8 Å². The first-order valence-corrected chi connectivity index (χ1v) is 8.03. The normalized spacial score (nSPS) is 18.6. The number of fused-ring (bicyclic) bond motifs is 1. The van der Waals surface area contributed by atoms with E-state index in [0.29, 0.717) is 12.8 Å². The van der Waals surface area contributed by atoms with Gasteiger partial charge >= 0.3 is 0 Å². The van der Waals surface area contributed by atoms with Crippen LogP contribution in [0.5, 0.6) is 0 Å². The first kappa shape index (κ1) is 14.6. The zero-order valence-electron chi connectivity index (χ0n) is 11.8. The molecule has 0 spiro atoms. The number of nitrogens with zero attached hydrogens (tertiary/aromatic N) is 1. The molecule has 1 aliphatic rings. The van der Waals surface area contributed by atoms with E-state index in [1.165, 1.54) is 11.1 Å². The van der Waals surface area contributed by atoms with Gasteiger partial charge in [0.25, 0.3) is 0 Å². The maximum absolute atomic E-state index is 11.2. The number of halogens is 1. The van der Waals surface area contributed by atoms with E-state index in [9.17, 15) is 10.4 Å². The summed E-state index contributed by atoms with van der Waals surface area (Å²) in [6, 6.07) is 18.3. The van der Waals surface area contributed by atoms with Crippen LogP contribution in [0, 0.1) is 20.3 Å². The van der Waals surface area contributed by atoms with Gasteiger partial charge in [-0.25, -0.2) is 0 Å². The number of nitriles is 1. The molecule has 3 heteroatoms. The fraction of sp³-hybridized carbons (Fsp3) is 0.278. The lowest BCUT2D eigenvalue weighted by Gasteiger charge is -2.38. The molecule has 0 saturated carbocycles. The van der Waals surface area contributed by atoms with Crippen molar-refractivity contribution in [2.75, 3.05) is 0 Å². The lowest BCUT2D eigenvalue weighted by Crippen LogP contribution is -2.43. The van der Waals surface area contributed by atoms with Crippen molar-refractivity contribution in [3.8, 4) is 6.07 Å². The van der Waals surface area contributed by atoms with Crippen LogP contribution < -0.4 is 0 Å². The molecule has 106 valence electrons. The van der Waals surface area contributed by atoms with E-state index >= 15 is 0 Å². The van der Waals surface area contributed by atoms with Crippen LogP contribution in [0.25, 0.3) is 0 Å². The minimum Gasteiger partial charge on any atom is -0.384 e. The van der Waals surface area contributed by atoms with E-state index in [1.807, 2.05) is 36.4 Å². The predicted molar refractivity (Wildman–Crippen MR) is 90.6 cm³/mol. The summed E-state index contributed by atoms with van der Waals surface area (Å²) in [6.07, 6.45) is 1.19. The molecule has 0 aliphatic heterocycles. The number of hydrogen-bond donors (Lipinski definition) is 1. The van der Waals surface area contributed by atoms with Crippen LogP contribution >= 0.6 is 22.6 Å². The first-order chi connectivity index (χ1) is 9.98. The molecule has 0 bridgehead atoms. The van der Waals surface area contributed by atoms with Crippen molar-refractivity contribution < 1.29 is 5.11 Å². The summed E-state index contributed by atoms with van der Waals surface area (Å²) in [6.45, 7) is 1.77. The monoisotopic (exact) mass is 389 g/mol. The van der Waals surface area contributed by atoms with Gasteiger partial charge in [0.05, 0.1) is 11.5 Å². The molecule has 2 aromatic rings. The number of hydrogen-bond acceptors (Lipinski definition) is 2. The van der Waals surface area contributed by atoms with E-state index in [4.69, 9.17) is 0 Å². The van der Waals surface area contributed by atoms with Crippen molar-refractivity contribution >= 4 is 22.6 Å². The first-order valence-electron chi connectivity index (χ1n) is 6.95. The smallest absolute Gasteiger partial charge is 0.106 e. The molecule has 0 amide bonds. The van der Waals surface area contributed by atoms with Gasteiger partial charge in [-0.3, -0.25) is 0 Å². The Morgan fingerprint density at radius 1 is 1.10 bits per heavy atom. The van der Waals surface area contributed by atoms with Gasteiger partial charge in [-0.2, -0.15) is 5.26 Å². The van der Waals surface area contributed by atoms with Crippen LogP contribution in [-0.2, 0) is 18.4 Å². The maximum Gasteiger partial charge on any atom is 0.106 e. The van der Waals surface area contributed by atoms with Crippen molar-refractivity contribution in [3.63, 3.8) is 0 Å². The summed E-state index contributed by atoms with van der Waals surface area (Å²) in [7, 11) is 0. The van der Waals surface area contributed by atoms with Crippen molar-refractivity contribution in [1.29, 1.82) is 5.26 Å². The van der Waals surface area contributed by atoms with Gasteiger partial charge in [-0.1, -0.05) is 36.4 Å². The number of aliphatic hydroxyl groups is 1. The molecule has 1 atom stereocenters. The summed E-state index contributed by atoms with van der Waals surface area (Å²) in [5, 5.41) is 21.0. The second-order valence-corrected chi connectivity index (χ2v) is 7.14. The Labute approximate surface area is 138 Å². The highest BCUT2D eigenvalue weighted by Crippen LogP contribution is 2.49. The molecular formula is C18H16INO. The lowest BCUT2D eigenvalue weighted by atomic mass is 9.68. The average molecular weight is 389 g/mol. The average Bonchev–Trinajstić information content (AvgIpc) is 2.88. The third-order valence-electron chi connectivity index (χ3n) is 4.66. The molecule has 1 N–H and O–H groups in total. The van der Waals surface area contributed by atoms with Crippen LogP contribution in [0.2, 0.25) is 0 Å². The number of benzene rings is 2. The fourth-order valence-corrected chi connectivity index (χ4v) is 3.56. The maximum atomic E-state index is 11.2. The molecule has 2 nitrogen and oxygen atoms in total. The molecule has 21 heavy (non-hydrogen) atoms. The molecule has 0 radical (unpaired) electrons. The van der Waals surface area contributed by atoms with E-state index < -0.39 is 11.0 Å². The topological polar surface area (TPSA) is 44.0 Å². The third kappa shape index (κ3) is 2.27. The Morgan fingerprint density at radius 2 is 1.62 bits per heavy atom. The van der Waals surface area contributed by atoms with Gasteiger partial charge < -0.3 is 5.11 Å². The van der Waals surface area contributed by atoms with Crippen LogP contribution in [0.4, 0.5) is 0 Å². The van der Waals surface area contributed by atoms with Crippen molar-refractivity contribution in [3.05, 3.63) is 68.8 Å². The molecule has 3 rings (SSSR count). The molecular weight excluding hydrogens is 373 g/mol. The van der Waals surface area contributed by atoms with Gasteiger partial charge in [-0.05, 0) is 71.2 Å². The van der Waals surface area contributed by atoms with Gasteiger partial charge in [-0.15, -0.1) is 0 Å². The second kappa shape index (κ2) is 5.11. The fourth-order valence-electron chi connectivity index (χ4n) is 3.20. The summed E-state index contributed by atoms with van der Waals surface area (Å²) >= 11 is 2.24.